The molecule has 0 atom stereocenters. The zero-order valence-corrected chi connectivity index (χ0v) is 9.97. The van der Waals surface area contributed by atoms with Gasteiger partial charge in [0.15, 0.2) is 5.82 Å². The number of aryl methyl sites for hydroxylation is 2. The molecule has 7 nitrogen and oxygen atoms in total. The largest absolute Gasteiger partial charge is 0.478 e. The van der Waals surface area contributed by atoms with Crippen molar-refractivity contribution in [2.45, 2.75) is 20.4 Å². The van der Waals surface area contributed by atoms with Crippen molar-refractivity contribution in [3.63, 3.8) is 0 Å². The van der Waals surface area contributed by atoms with E-state index in [1.54, 1.807) is 6.92 Å². The molecule has 2 rings (SSSR count). The highest BCUT2D eigenvalue weighted by molar-refractivity contribution is 5.92. The second-order valence-corrected chi connectivity index (χ2v) is 3.75. The van der Waals surface area contributed by atoms with Gasteiger partial charge >= 0.3 is 5.97 Å². The van der Waals surface area contributed by atoms with Crippen molar-refractivity contribution < 1.29 is 14.4 Å². The molecule has 0 aromatic carbocycles. The smallest absolute Gasteiger partial charge is 0.339 e. The maximum absolute atomic E-state index is 11.0. The monoisotopic (exact) mass is 248 g/mol. The quantitative estimate of drug-likeness (QED) is 0.842. The summed E-state index contributed by atoms with van der Waals surface area (Å²) in [5, 5.41) is 23.2. The van der Waals surface area contributed by atoms with Crippen LogP contribution in [-0.2, 0) is 6.54 Å². The zero-order chi connectivity index (χ0) is 13.1. The van der Waals surface area contributed by atoms with E-state index in [1.165, 1.54) is 12.3 Å². The molecular formula is C11H12N4O3. The first kappa shape index (κ1) is 12.0. The molecule has 0 spiro atoms. The number of anilines is 1. The molecule has 0 bridgehead atoms. The number of hydrogen-bond acceptors (Lipinski definition) is 6. The lowest BCUT2D eigenvalue weighted by Gasteiger charge is -2.06. The Balaban J connectivity index is 2.18. The summed E-state index contributed by atoms with van der Waals surface area (Å²) in [5.74, 6) is -0.128. The molecule has 2 aromatic rings. The van der Waals surface area contributed by atoms with E-state index >= 15 is 0 Å². The molecule has 7 heteroatoms. The average Bonchev–Trinajstić information content (AvgIpc) is 2.67. The fraction of sp³-hybridized carbons (Fsp3) is 0.273. The van der Waals surface area contributed by atoms with Crippen LogP contribution in [0.2, 0.25) is 0 Å². The van der Waals surface area contributed by atoms with Crippen LogP contribution in [0.4, 0.5) is 5.82 Å². The minimum absolute atomic E-state index is 0.0803. The molecule has 0 aliphatic rings. The van der Waals surface area contributed by atoms with Gasteiger partial charge in [0.2, 0.25) is 0 Å². The van der Waals surface area contributed by atoms with Crippen molar-refractivity contribution in [1.82, 2.24) is 15.4 Å². The molecule has 94 valence electrons. The van der Waals surface area contributed by atoms with E-state index in [1.807, 2.05) is 6.92 Å². The Morgan fingerprint density at radius 2 is 2.28 bits per heavy atom. The van der Waals surface area contributed by atoms with E-state index < -0.39 is 5.97 Å². The summed E-state index contributed by atoms with van der Waals surface area (Å²) in [4.78, 5) is 11.0. The summed E-state index contributed by atoms with van der Waals surface area (Å²) in [5.41, 5.74) is 1.73. The average molecular weight is 248 g/mol. The van der Waals surface area contributed by atoms with Crippen molar-refractivity contribution in [3.8, 4) is 0 Å². The second kappa shape index (κ2) is 4.82. The van der Waals surface area contributed by atoms with E-state index in [0.29, 0.717) is 12.3 Å². The maximum Gasteiger partial charge on any atom is 0.339 e. The molecule has 0 unspecified atom stereocenters. The van der Waals surface area contributed by atoms with Gasteiger partial charge in [0.1, 0.15) is 11.3 Å². The van der Waals surface area contributed by atoms with Crippen LogP contribution in [0, 0.1) is 13.8 Å². The molecule has 2 heterocycles. The highest BCUT2D eigenvalue weighted by atomic mass is 16.5. The lowest BCUT2D eigenvalue weighted by Crippen LogP contribution is -2.09. The molecule has 0 saturated carbocycles. The summed E-state index contributed by atoms with van der Waals surface area (Å²) >= 11 is 0. The Morgan fingerprint density at radius 3 is 2.89 bits per heavy atom. The topological polar surface area (TPSA) is 101 Å². The number of carboxylic acid groups (broad SMARTS) is 1. The van der Waals surface area contributed by atoms with Gasteiger partial charge in [-0.1, -0.05) is 5.16 Å². The number of nitrogens with zero attached hydrogens (tertiary/aromatic N) is 3. The standard InChI is InChI=1S/C11H12N4O3/c1-6-9(7(2)18-15-6)5-12-10-8(11(16)17)3-4-13-14-10/h3-4H,5H2,1-2H3,(H,12,14)(H,16,17). The minimum atomic E-state index is -1.05. The molecular weight excluding hydrogens is 236 g/mol. The Labute approximate surface area is 103 Å². The fourth-order valence-corrected chi connectivity index (χ4v) is 1.56. The van der Waals surface area contributed by atoms with Crippen LogP contribution in [0.1, 0.15) is 27.4 Å². The predicted octanol–water partition coefficient (Wildman–Crippen LogP) is 1.39. The van der Waals surface area contributed by atoms with Crippen molar-refractivity contribution in [2.24, 2.45) is 0 Å². The van der Waals surface area contributed by atoms with E-state index in [2.05, 4.69) is 20.7 Å². The maximum atomic E-state index is 11.0. The first-order valence-corrected chi connectivity index (χ1v) is 5.30. The van der Waals surface area contributed by atoms with Gasteiger partial charge in [-0.2, -0.15) is 5.10 Å². The lowest BCUT2D eigenvalue weighted by molar-refractivity contribution is 0.0697. The number of carbonyl (C=O) groups is 1. The van der Waals surface area contributed by atoms with E-state index in [4.69, 9.17) is 9.63 Å². The summed E-state index contributed by atoms with van der Waals surface area (Å²) in [6.45, 7) is 4.01. The van der Waals surface area contributed by atoms with Crippen LogP contribution in [0.25, 0.3) is 0 Å². The molecule has 2 N–H and O–H groups in total. The molecule has 0 radical (unpaired) electrons. The van der Waals surface area contributed by atoms with E-state index in [-0.39, 0.29) is 11.4 Å². The lowest BCUT2D eigenvalue weighted by atomic mass is 10.2. The molecule has 0 aliphatic heterocycles. The number of hydrogen-bond donors (Lipinski definition) is 2. The SMILES string of the molecule is Cc1noc(C)c1CNc1nnccc1C(=O)O. The first-order valence-electron chi connectivity index (χ1n) is 5.30. The third-order valence-corrected chi connectivity index (χ3v) is 2.56. The molecule has 18 heavy (non-hydrogen) atoms. The summed E-state index contributed by atoms with van der Waals surface area (Å²) in [6, 6.07) is 1.39. The van der Waals surface area contributed by atoms with Crippen molar-refractivity contribution >= 4 is 11.8 Å². The Bertz CT molecular complexity index is 560. The second-order valence-electron chi connectivity index (χ2n) is 3.75. The Hall–Kier alpha value is -2.44. The van der Waals surface area contributed by atoms with Crippen LogP contribution in [-0.4, -0.2) is 26.4 Å². The highest BCUT2D eigenvalue weighted by Crippen LogP contribution is 2.16. The number of rotatable bonds is 4. The third-order valence-electron chi connectivity index (χ3n) is 2.56. The summed E-state index contributed by atoms with van der Waals surface area (Å²) in [7, 11) is 0. The number of aromatic carboxylic acids is 1. The molecule has 0 fully saturated rings. The van der Waals surface area contributed by atoms with Crippen molar-refractivity contribution in [3.05, 3.63) is 34.8 Å². The molecule has 2 aromatic heterocycles. The van der Waals surface area contributed by atoms with E-state index in [9.17, 15) is 4.79 Å². The van der Waals surface area contributed by atoms with Gasteiger partial charge in [0.05, 0.1) is 11.9 Å². The van der Waals surface area contributed by atoms with Crippen molar-refractivity contribution in [1.29, 1.82) is 0 Å². The van der Waals surface area contributed by atoms with Crippen LogP contribution in [0.5, 0.6) is 0 Å². The van der Waals surface area contributed by atoms with Crippen LogP contribution in [0.15, 0.2) is 16.8 Å². The van der Waals surface area contributed by atoms with Gasteiger partial charge in [0.25, 0.3) is 0 Å². The Morgan fingerprint density at radius 1 is 1.50 bits per heavy atom. The van der Waals surface area contributed by atoms with Gasteiger partial charge in [-0.15, -0.1) is 5.10 Å². The molecule has 0 saturated heterocycles. The van der Waals surface area contributed by atoms with Gasteiger partial charge in [0, 0.05) is 12.1 Å². The molecule has 0 amide bonds. The van der Waals surface area contributed by atoms with Gasteiger partial charge < -0.3 is 14.9 Å². The van der Waals surface area contributed by atoms with Crippen LogP contribution >= 0.6 is 0 Å². The first-order chi connectivity index (χ1) is 8.59. The molecule has 0 aliphatic carbocycles. The zero-order valence-electron chi connectivity index (χ0n) is 9.97. The van der Waals surface area contributed by atoms with Crippen molar-refractivity contribution in [2.75, 3.05) is 5.32 Å². The predicted molar refractivity (Wildman–Crippen MR) is 62.3 cm³/mol. The van der Waals surface area contributed by atoms with Gasteiger partial charge in [-0.3, -0.25) is 0 Å². The van der Waals surface area contributed by atoms with Crippen LogP contribution < -0.4 is 5.32 Å². The summed E-state index contributed by atoms with van der Waals surface area (Å²) < 4.78 is 5.02. The minimum Gasteiger partial charge on any atom is -0.478 e. The van der Waals surface area contributed by atoms with E-state index in [0.717, 1.165) is 11.3 Å². The third kappa shape index (κ3) is 2.29. The van der Waals surface area contributed by atoms with Gasteiger partial charge in [-0.25, -0.2) is 4.79 Å². The summed E-state index contributed by atoms with van der Waals surface area (Å²) in [6.07, 6.45) is 1.34. The van der Waals surface area contributed by atoms with Crippen LogP contribution in [0.3, 0.4) is 0 Å². The van der Waals surface area contributed by atoms with Gasteiger partial charge in [-0.05, 0) is 19.9 Å². The Kier molecular flexibility index (Phi) is 3.22. The normalized spacial score (nSPS) is 10.3. The number of carboxylic acids is 1. The number of aromatic nitrogens is 3. The number of nitrogens with one attached hydrogen (secondary N) is 1. The highest BCUT2D eigenvalue weighted by Gasteiger charge is 2.13. The fourth-order valence-electron chi connectivity index (χ4n) is 1.56.